The van der Waals surface area contributed by atoms with Gasteiger partial charge >= 0.3 is 0 Å². The van der Waals surface area contributed by atoms with E-state index < -0.39 is 0 Å². The lowest BCUT2D eigenvalue weighted by Crippen LogP contribution is -2.40. The molecule has 26 heavy (non-hydrogen) atoms. The highest BCUT2D eigenvalue weighted by atomic mass is 32.2. The Morgan fingerprint density at radius 3 is 3.08 bits per heavy atom. The molecule has 1 aromatic rings. The molecule has 0 radical (unpaired) electrons. The molecule has 1 saturated heterocycles. The number of anilines is 1. The third-order valence-corrected chi connectivity index (χ3v) is 6.08. The smallest absolute Gasteiger partial charge is 0.262 e. The van der Waals surface area contributed by atoms with Gasteiger partial charge in [-0.2, -0.15) is 0 Å². The second-order valence-electron chi connectivity index (χ2n) is 6.80. The van der Waals surface area contributed by atoms with E-state index in [4.69, 9.17) is 0 Å². The van der Waals surface area contributed by atoms with Crippen molar-refractivity contribution in [2.75, 3.05) is 25.0 Å². The third-order valence-electron chi connectivity index (χ3n) is 4.98. The molecule has 0 saturated carbocycles. The van der Waals surface area contributed by atoms with Crippen LogP contribution in [0.2, 0.25) is 0 Å². The Hall–Kier alpha value is -1.79. The summed E-state index contributed by atoms with van der Waals surface area (Å²) in [7, 11) is 0. The average Bonchev–Trinajstić information content (AvgIpc) is 2.66. The zero-order valence-corrected chi connectivity index (χ0v) is 16.1. The monoisotopic (exact) mass is 373 g/mol. The number of fused-ring (bicyclic) bond motifs is 1. The van der Waals surface area contributed by atoms with Crippen molar-refractivity contribution < 1.29 is 9.59 Å². The SMILES string of the molecule is CCC1CCCCN1CCCNC(=O)/C=C1\Sc2ccccc2NC1=O. The van der Waals surface area contributed by atoms with E-state index in [2.05, 4.69) is 22.5 Å². The van der Waals surface area contributed by atoms with Gasteiger partial charge in [0, 0.05) is 30.1 Å². The van der Waals surface area contributed by atoms with Gasteiger partial charge in [-0.3, -0.25) is 9.59 Å². The van der Waals surface area contributed by atoms with Crippen LogP contribution in [0.15, 0.2) is 40.1 Å². The van der Waals surface area contributed by atoms with Crippen LogP contribution in [-0.4, -0.2) is 42.4 Å². The standard InChI is InChI=1S/C20H27N3O2S/c1-2-15-8-5-6-12-23(15)13-7-11-21-19(24)14-18-20(25)22-16-9-3-4-10-17(16)26-18/h3-4,9-10,14-15H,2,5-8,11-13H2,1H3,(H,21,24)(H,22,25)/b18-14-. The molecule has 1 fully saturated rings. The van der Waals surface area contributed by atoms with Gasteiger partial charge in [0.2, 0.25) is 5.91 Å². The van der Waals surface area contributed by atoms with Crippen LogP contribution in [-0.2, 0) is 9.59 Å². The van der Waals surface area contributed by atoms with Crippen LogP contribution < -0.4 is 10.6 Å². The lowest BCUT2D eigenvalue weighted by molar-refractivity contribution is -0.117. The molecule has 1 atom stereocenters. The number of para-hydroxylation sites is 1. The van der Waals surface area contributed by atoms with Crippen LogP contribution in [0.25, 0.3) is 0 Å². The Bertz CT molecular complexity index is 689. The fourth-order valence-electron chi connectivity index (χ4n) is 3.58. The van der Waals surface area contributed by atoms with Gasteiger partial charge in [0.15, 0.2) is 0 Å². The molecule has 0 aliphatic carbocycles. The summed E-state index contributed by atoms with van der Waals surface area (Å²) in [5.41, 5.74) is 0.798. The van der Waals surface area contributed by atoms with Gasteiger partial charge in [-0.05, 0) is 44.4 Å². The molecular formula is C20H27N3O2S. The molecule has 2 amide bonds. The Balaban J connectivity index is 1.45. The van der Waals surface area contributed by atoms with Gasteiger partial charge in [0.1, 0.15) is 0 Å². The predicted octanol–water partition coefficient (Wildman–Crippen LogP) is 3.39. The van der Waals surface area contributed by atoms with Crippen molar-refractivity contribution in [3.05, 3.63) is 35.2 Å². The van der Waals surface area contributed by atoms with Crippen molar-refractivity contribution in [2.45, 2.75) is 50.0 Å². The summed E-state index contributed by atoms with van der Waals surface area (Å²) in [5, 5.41) is 5.73. The van der Waals surface area contributed by atoms with E-state index >= 15 is 0 Å². The second kappa shape index (κ2) is 9.24. The van der Waals surface area contributed by atoms with E-state index in [1.165, 1.54) is 50.1 Å². The average molecular weight is 374 g/mol. The van der Waals surface area contributed by atoms with E-state index in [1.54, 1.807) is 0 Å². The van der Waals surface area contributed by atoms with Crippen LogP contribution in [0.3, 0.4) is 0 Å². The highest BCUT2D eigenvalue weighted by Gasteiger charge is 2.22. The molecule has 2 heterocycles. The first-order valence-corrected chi connectivity index (χ1v) is 10.3. The van der Waals surface area contributed by atoms with Crippen molar-refractivity contribution in [1.82, 2.24) is 10.2 Å². The minimum absolute atomic E-state index is 0.201. The molecule has 140 valence electrons. The summed E-state index contributed by atoms with van der Waals surface area (Å²) in [6.45, 7) is 5.09. The molecule has 2 aliphatic rings. The summed E-state index contributed by atoms with van der Waals surface area (Å²) in [5.74, 6) is -0.421. The molecule has 2 N–H and O–H groups in total. The molecule has 2 aliphatic heterocycles. The van der Waals surface area contributed by atoms with E-state index in [-0.39, 0.29) is 11.8 Å². The summed E-state index contributed by atoms with van der Waals surface area (Å²) in [6, 6.07) is 8.30. The number of carbonyl (C=O) groups is 2. The zero-order valence-electron chi connectivity index (χ0n) is 15.3. The number of carbonyl (C=O) groups excluding carboxylic acids is 2. The van der Waals surface area contributed by atoms with Crippen LogP contribution in [0.5, 0.6) is 0 Å². The van der Waals surface area contributed by atoms with E-state index in [9.17, 15) is 9.59 Å². The molecule has 3 rings (SSSR count). The van der Waals surface area contributed by atoms with Crippen molar-refractivity contribution >= 4 is 29.3 Å². The fourth-order valence-corrected chi connectivity index (χ4v) is 4.51. The summed E-state index contributed by atoms with van der Waals surface area (Å²) in [4.78, 5) is 28.2. The van der Waals surface area contributed by atoms with Gasteiger partial charge in [0.25, 0.3) is 5.91 Å². The Labute approximate surface area is 159 Å². The van der Waals surface area contributed by atoms with Crippen LogP contribution >= 0.6 is 11.8 Å². The van der Waals surface area contributed by atoms with E-state index in [0.717, 1.165) is 23.5 Å². The maximum absolute atomic E-state index is 12.1. The molecule has 0 bridgehead atoms. The van der Waals surface area contributed by atoms with Gasteiger partial charge in [0.05, 0.1) is 10.6 Å². The lowest BCUT2D eigenvalue weighted by Gasteiger charge is -2.35. The number of nitrogens with zero attached hydrogens (tertiary/aromatic N) is 1. The zero-order chi connectivity index (χ0) is 18.4. The quantitative estimate of drug-likeness (QED) is 0.593. The molecular weight excluding hydrogens is 346 g/mol. The van der Waals surface area contributed by atoms with Gasteiger partial charge in [-0.1, -0.05) is 37.2 Å². The maximum Gasteiger partial charge on any atom is 0.262 e. The Morgan fingerprint density at radius 2 is 2.23 bits per heavy atom. The van der Waals surface area contributed by atoms with Gasteiger partial charge < -0.3 is 15.5 Å². The minimum atomic E-state index is -0.219. The van der Waals surface area contributed by atoms with Crippen molar-refractivity contribution in [1.29, 1.82) is 0 Å². The molecule has 6 heteroatoms. The first-order valence-electron chi connectivity index (χ1n) is 9.49. The summed E-state index contributed by atoms with van der Waals surface area (Å²) < 4.78 is 0. The number of hydrogen-bond acceptors (Lipinski definition) is 4. The van der Waals surface area contributed by atoms with Crippen LogP contribution in [0.4, 0.5) is 5.69 Å². The normalized spacial score (nSPS) is 22.0. The number of nitrogens with one attached hydrogen (secondary N) is 2. The van der Waals surface area contributed by atoms with Gasteiger partial charge in [-0.15, -0.1) is 0 Å². The fraction of sp³-hybridized carbons (Fsp3) is 0.500. The predicted molar refractivity (Wildman–Crippen MR) is 106 cm³/mol. The minimum Gasteiger partial charge on any atom is -0.352 e. The first kappa shape index (κ1) is 19.0. The topological polar surface area (TPSA) is 61.4 Å². The first-order chi connectivity index (χ1) is 12.7. The van der Waals surface area contributed by atoms with Gasteiger partial charge in [-0.25, -0.2) is 0 Å². The van der Waals surface area contributed by atoms with Crippen LogP contribution in [0.1, 0.15) is 39.0 Å². The molecule has 0 aromatic heterocycles. The number of hydrogen-bond donors (Lipinski definition) is 2. The third kappa shape index (κ3) is 4.89. The van der Waals surface area contributed by atoms with Crippen molar-refractivity contribution in [3.8, 4) is 0 Å². The number of thioether (sulfide) groups is 1. The highest BCUT2D eigenvalue weighted by molar-refractivity contribution is 8.04. The molecule has 5 nitrogen and oxygen atoms in total. The number of likely N-dealkylation sites (tertiary alicyclic amines) is 1. The lowest BCUT2D eigenvalue weighted by atomic mass is 10.00. The molecule has 0 spiro atoms. The molecule has 1 aromatic carbocycles. The van der Waals surface area contributed by atoms with Crippen molar-refractivity contribution in [3.63, 3.8) is 0 Å². The number of piperidine rings is 1. The second-order valence-corrected chi connectivity index (χ2v) is 7.88. The van der Waals surface area contributed by atoms with Crippen molar-refractivity contribution in [2.24, 2.45) is 0 Å². The Morgan fingerprint density at radius 1 is 1.38 bits per heavy atom. The molecule has 1 unspecified atom stereocenters. The van der Waals surface area contributed by atoms with E-state index in [0.29, 0.717) is 17.5 Å². The van der Waals surface area contributed by atoms with E-state index in [1.807, 2.05) is 24.3 Å². The Kier molecular flexibility index (Phi) is 6.74. The summed E-state index contributed by atoms with van der Waals surface area (Å²) in [6.07, 6.45) is 7.46. The maximum atomic E-state index is 12.1. The summed E-state index contributed by atoms with van der Waals surface area (Å²) >= 11 is 1.34. The number of benzene rings is 1. The largest absolute Gasteiger partial charge is 0.352 e. The number of amides is 2. The van der Waals surface area contributed by atoms with Crippen LogP contribution in [0, 0.1) is 0 Å². The number of rotatable bonds is 6. The highest BCUT2D eigenvalue weighted by Crippen LogP contribution is 2.37.